The number of halogens is 1. The van der Waals surface area contributed by atoms with Gasteiger partial charge in [0.25, 0.3) is 0 Å². The van der Waals surface area contributed by atoms with Gasteiger partial charge in [-0.25, -0.2) is 4.98 Å². The molecule has 134 valence electrons. The molecule has 0 bridgehead atoms. The summed E-state index contributed by atoms with van der Waals surface area (Å²) in [5, 5.41) is 13.8. The lowest BCUT2D eigenvalue weighted by molar-refractivity contribution is 1.23. The van der Waals surface area contributed by atoms with Crippen molar-refractivity contribution in [2.75, 3.05) is 5.32 Å². The largest absolute Gasteiger partial charge is 0.339 e. The number of rotatable bonds is 4. The highest BCUT2D eigenvalue weighted by Gasteiger charge is 2.16. The van der Waals surface area contributed by atoms with Crippen LogP contribution in [0.2, 0.25) is 5.02 Å². The summed E-state index contributed by atoms with van der Waals surface area (Å²) in [5.41, 5.74) is 4.39. The number of anilines is 2. The van der Waals surface area contributed by atoms with Gasteiger partial charge in [-0.05, 0) is 48.0 Å². The Hall–Kier alpha value is -3.68. The monoisotopic (exact) mass is 382 g/mol. The molecule has 0 spiro atoms. The number of nitriles is 1. The molecule has 0 saturated heterocycles. The molecule has 2 aromatic carbocycles. The predicted molar refractivity (Wildman–Crippen MR) is 112 cm³/mol. The molecule has 4 aromatic rings. The number of pyridine rings is 2. The van der Waals surface area contributed by atoms with Crippen LogP contribution in [0.5, 0.6) is 0 Å². The van der Waals surface area contributed by atoms with Crippen molar-refractivity contribution in [3.05, 3.63) is 95.6 Å². The van der Waals surface area contributed by atoms with Crippen molar-refractivity contribution >= 4 is 23.1 Å². The van der Waals surface area contributed by atoms with Gasteiger partial charge in [0.15, 0.2) is 0 Å². The van der Waals surface area contributed by atoms with Gasteiger partial charge in [-0.2, -0.15) is 5.26 Å². The van der Waals surface area contributed by atoms with Crippen molar-refractivity contribution in [3.63, 3.8) is 0 Å². The molecular formula is C23H15ClN4. The van der Waals surface area contributed by atoms with Crippen LogP contribution in [-0.2, 0) is 0 Å². The number of aromatic nitrogens is 2. The highest BCUT2D eigenvalue weighted by Crippen LogP contribution is 2.33. The number of hydrogen-bond acceptors (Lipinski definition) is 4. The summed E-state index contributed by atoms with van der Waals surface area (Å²) in [7, 11) is 0. The fourth-order valence-electron chi connectivity index (χ4n) is 2.91. The molecule has 0 atom stereocenters. The van der Waals surface area contributed by atoms with E-state index in [1.807, 2.05) is 78.9 Å². The van der Waals surface area contributed by atoms with Crippen LogP contribution in [-0.4, -0.2) is 9.97 Å². The zero-order chi connectivity index (χ0) is 19.3. The molecule has 4 rings (SSSR count). The van der Waals surface area contributed by atoms with Crippen molar-refractivity contribution in [3.8, 4) is 28.6 Å². The third-order valence-corrected chi connectivity index (χ3v) is 4.50. The zero-order valence-electron chi connectivity index (χ0n) is 14.8. The van der Waals surface area contributed by atoms with Gasteiger partial charge in [0.2, 0.25) is 0 Å². The van der Waals surface area contributed by atoms with E-state index in [2.05, 4.69) is 16.4 Å². The van der Waals surface area contributed by atoms with E-state index in [1.54, 1.807) is 6.20 Å². The maximum absolute atomic E-state index is 9.88. The molecule has 2 aromatic heterocycles. The quantitative estimate of drug-likeness (QED) is 0.464. The van der Waals surface area contributed by atoms with E-state index in [4.69, 9.17) is 16.6 Å². The van der Waals surface area contributed by atoms with E-state index in [-0.39, 0.29) is 0 Å². The van der Waals surface area contributed by atoms with Crippen LogP contribution in [0.15, 0.2) is 85.1 Å². The van der Waals surface area contributed by atoms with Gasteiger partial charge in [-0.3, -0.25) is 4.98 Å². The Balaban J connectivity index is 1.92. The van der Waals surface area contributed by atoms with Gasteiger partial charge >= 0.3 is 0 Å². The first-order chi connectivity index (χ1) is 13.7. The molecule has 2 heterocycles. The summed E-state index contributed by atoms with van der Waals surface area (Å²) in [5.74, 6) is 0.488. The summed E-state index contributed by atoms with van der Waals surface area (Å²) >= 11 is 6.04. The van der Waals surface area contributed by atoms with E-state index in [0.717, 1.165) is 22.5 Å². The Morgan fingerprint density at radius 1 is 0.857 bits per heavy atom. The van der Waals surface area contributed by atoms with E-state index < -0.39 is 0 Å². The lowest BCUT2D eigenvalue weighted by Crippen LogP contribution is -2.01. The smallest absolute Gasteiger partial charge is 0.149 e. The second kappa shape index (κ2) is 7.91. The van der Waals surface area contributed by atoms with Gasteiger partial charge in [0.05, 0.1) is 11.4 Å². The maximum atomic E-state index is 9.88. The Bertz CT molecular complexity index is 1140. The summed E-state index contributed by atoms with van der Waals surface area (Å²) in [4.78, 5) is 9.10. The van der Waals surface area contributed by atoms with E-state index in [0.29, 0.717) is 22.1 Å². The molecule has 4 nitrogen and oxygen atoms in total. The van der Waals surface area contributed by atoms with Gasteiger partial charge in [0, 0.05) is 22.5 Å². The van der Waals surface area contributed by atoms with Crippen LogP contribution in [0.4, 0.5) is 11.5 Å². The number of benzene rings is 2. The van der Waals surface area contributed by atoms with Gasteiger partial charge in [0.1, 0.15) is 17.5 Å². The molecule has 0 aliphatic heterocycles. The zero-order valence-corrected chi connectivity index (χ0v) is 15.6. The molecule has 0 aliphatic carbocycles. The summed E-state index contributed by atoms with van der Waals surface area (Å²) < 4.78 is 0. The van der Waals surface area contributed by atoms with Crippen LogP contribution in [0, 0.1) is 11.3 Å². The molecule has 0 radical (unpaired) electrons. The molecule has 0 saturated carbocycles. The minimum absolute atomic E-state index is 0.464. The molecule has 1 N–H and O–H groups in total. The summed E-state index contributed by atoms with van der Waals surface area (Å²) in [6.07, 6.45) is 1.72. The predicted octanol–water partition coefficient (Wildman–Crippen LogP) is 6.08. The van der Waals surface area contributed by atoms with Gasteiger partial charge < -0.3 is 5.32 Å². The van der Waals surface area contributed by atoms with E-state index >= 15 is 0 Å². The van der Waals surface area contributed by atoms with Crippen LogP contribution in [0.25, 0.3) is 22.5 Å². The average Bonchev–Trinajstić information content (AvgIpc) is 2.75. The van der Waals surface area contributed by atoms with E-state index in [1.165, 1.54) is 0 Å². The van der Waals surface area contributed by atoms with Gasteiger partial charge in [-0.15, -0.1) is 0 Å². The second-order valence-electron chi connectivity index (χ2n) is 6.10. The van der Waals surface area contributed by atoms with Crippen LogP contribution < -0.4 is 5.32 Å². The SMILES string of the molecule is N#Cc1c(-c2ccc(Cl)cc2)cc(-c2ccccn2)nc1Nc1ccccc1. The van der Waals surface area contributed by atoms with E-state index in [9.17, 15) is 5.26 Å². The van der Waals surface area contributed by atoms with Crippen molar-refractivity contribution in [1.82, 2.24) is 9.97 Å². The first-order valence-corrected chi connectivity index (χ1v) is 9.07. The summed E-state index contributed by atoms with van der Waals surface area (Å²) in [6, 6.07) is 26.9. The van der Waals surface area contributed by atoms with Crippen LogP contribution in [0.1, 0.15) is 5.56 Å². The van der Waals surface area contributed by atoms with Crippen molar-refractivity contribution < 1.29 is 0 Å². The fraction of sp³-hybridized carbons (Fsp3) is 0. The Morgan fingerprint density at radius 3 is 2.29 bits per heavy atom. The second-order valence-corrected chi connectivity index (χ2v) is 6.54. The number of nitrogens with zero attached hydrogens (tertiary/aromatic N) is 3. The van der Waals surface area contributed by atoms with Crippen molar-refractivity contribution in [2.45, 2.75) is 0 Å². The summed E-state index contributed by atoms with van der Waals surface area (Å²) in [6.45, 7) is 0. The third-order valence-electron chi connectivity index (χ3n) is 4.25. The molecule has 28 heavy (non-hydrogen) atoms. The first kappa shape index (κ1) is 17.7. The van der Waals surface area contributed by atoms with Crippen LogP contribution in [0.3, 0.4) is 0 Å². The average molecular weight is 383 g/mol. The highest BCUT2D eigenvalue weighted by atomic mass is 35.5. The molecule has 0 fully saturated rings. The standard InChI is InChI=1S/C23H15ClN4/c24-17-11-9-16(10-12-17)19-14-22(21-8-4-5-13-26-21)28-23(20(19)15-25)27-18-6-2-1-3-7-18/h1-14H,(H,27,28). The third kappa shape index (κ3) is 3.71. The lowest BCUT2D eigenvalue weighted by Gasteiger charge is -2.14. The maximum Gasteiger partial charge on any atom is 0.149 e. The Labute approximate surface area is 168 Å². The normalized spacial score (nSPS) is 10.3. The molecule has 0 amide bonds. The lowest BCUT2D eigenvalue weighted by atomic mass is 9.99. The molecule has 0 aliphatic rings. The molecule has 0 unspecified atom stereocenters. The fourth-order valence-corrected chi connectivity index (χ4v) is 3.04. The molecule has 5 heteroatoms. The first-order valence-electron chi connectivity index (χ1n) is 8.69. The number of hydrogen-bond donors (Lipinski definition) is 1. The number of nitrogens with one attached hydrogen (secondary N) is 1. The van der Waals surface area contributed by atoms with Crippen molar-refractivity contribution in [2.24, 2.45) is 0 Å². The van der Waals surface area contributed by atoms with Crippen molar-refractivity contribution in [1.29, 1.82) is 5.26 Å². The number of para-hydroxylation sites is 1. The Kier molecular flexibility index (Phi) is 5.01. The highest BCUT2D eigenvalue weighted by molar-refractivity contribution is 6.30. The topological polar surface area (TPSA) is 61.6 Å². The minimum atomic E-state index is 0.464. The van der Waals surface area contributed by atoms with Gasteiger partial charge in [-0.1, -0.05) is 48.0 Å². The minimum Gasteiger partial charge on any atom is -0.339 e. The molecular weight excluding hydrogens is 368 g/mol. The Morgan fingerprint density at radius 2 is 1.61 bits per heavy atom. The van der Waals surface area contributed by atoms with Crippen LogP contribution >= 0.6 is 11.6 Å².